The van der Waals surface area contributed by atoms with Crippen LogP contribution >= 0.6 is 0 Å². The van der Waals surface area contributed by atoms with E-state index in [0.29, 0.717) is 5.39 Å². The van der Waals surface area contributed by atoms with Crippen molar-refractivity contribution in [1.29, 1.82) is 0 Å². The molecule has 1 aliphatic rings. The summed E-state index contributed by atoms with van der Waals surface area (Å²) in [6, 6.07) is 12.8. The molecule has 6 nitrogen and oxygen atoms in total. The number of para-hydroxylation sites is 1. The van der Waals surface area contributed by atoms with Gasteiger partial charge in [0.05, 0.1) is 10.6 Å². The minimum absolute atomic E-state index is 0.0973. The maximum absolute atomic E-state index is 12.9. The second-order valence-electron chi connectivity index (χ2n) is 6.17. The molecule has 0 spiro atoms. The minimum atomic E-state index is -4.01. The molecule has 4 rings (SSSR count). The number of rotatable bonds is 4. The van der Waals surface area contributed by atoms with Gasteiger partial charge >= 0.3 is 5.97 Å². The zero-order valence-corrected chi connectivity index (χ0v) is 14.4. The van der Waals surface area contributed by atoms with E-state index in [0.717, 1.165) is 29.4 Å². The van der Waals surface area contributed by atoms with Gasteiger partial charge in [-0.15, -0.1) is 0 Å². The highest BCUT2D eigenvalue weighted by atomic mass is 32.2. The lowest BCUT2D eigenvalue weighted by atomic mass is 10.1. The highest BCUT2D eigenvalue weighted by molar-refractivity contribution is 7.93. The molecule has 0 atom stereocenters. The van der Waals surface area contributed by atoms with E-state index in [-0.39, 0.29) is 16.1 Å². The first kappa shape index (κ1) is 16.4. The summed E-state index contributed by atoms with van der Waals surface area (Å²) in [6.07, 6.45) is 1.76. The number of carboxylic acid groups (broad SMARTS) is 1. The first-order chi connectivity index (χ1) is 12.4. The largest absolute Gasteiger partial charge is 0.505 e. The number of phenols is 1. The number of benzene rings is 3. The summed E-state index contributed by atoms with van der Waals surface area (Å²) in [7, 11) is -4.01. The van der Waals surface area contributed by atoms with Gasteiger partial charge in [0.2, 0.25) is 0 Å². The van der Waals surface area contributed by atoms with E-state index in [4.69, 9.17) is 5.11 Å². The second kappa shape index (κ2) is 5.74. The molecule has 3 aromatic carbocycles. The molecular formula is C19H15NO5S. The fourth-order valence-corrected chi connectivity index (χ4v) is 4.72. The lowest BCUT2D eigenvalue weighted by Crippen LogP contribution is -2.14. The Morgan fingerprint density at radius 3 is 2.38 bits per heavy atom. The number of aryl methyl sites for hydroxylation is 2. The van der Waals surface area contributed by atoms with Crippen LogP contribution < -0.4 is 4.72 Å². The van der Waals surface area contributed by atoms with E-state index in [2.05, 4.69) is 4.72 Å². The zero-order valence-electron chi connectivity index (χ0n) is 13.6. The van der Waals surface area contributed by atoms with Crippen LogP contribution in [0.2, 0.25) is 0 Å². The summed E-state index contributed by atoms with van der Waals surface area (Å²) in [5, 5.41) is 20.7. The number of aromatic carboxylic acids is 1. The molecule has 0 unspecified atom stereocenters. The monoisotopic (exact) mass is 369 g/mol. The molecule has 0 saturated heterocycles. The van der Waals surface area contributed by atoms with Crippen LogP contribution in [-0.4, -0.2) is 24.6 Å². The van der Waals surface area contributed by atoms with Crippen LogP contribution in [0.4, 0.5) is 5.69 Å². The average Bonchev–Trinajstić information content (AvgIpc) is 3.02. The van der Waals surface area contributed by atoms with Gasteiger partial charge in [-0.05, 0) is 47.6 Å². The maximum atomic E-state index is 12.9. The third kappa shape index (κ3) is 2.48. The van der Waals surface area contributed by atoms with Crippen molar-refractivity contribution in [3.63, 3.8) is 0 Å². The van der Waals surface area contributed by atoms with Crippen molar-refractivity contribution >= 4 is 32.5 Å². The molecule has 0 aromatic heterocycles. The molecule has 0 fully saturated rings. The molecule has 0 heterocycles. The van der Waals surface area contributed by atoms with Gasteiger partial charge in [0, 0.05) is 5.39 Å². The van der Waals surface area contributed by atoms with Crippen molar-refractivity contribution in [1.82, 2.24) is 0 Å². The first-order valence-corrected chi connectivity index (χ1v) is 9.48. The molecule has 0 amide bonds. The van der Waals surface area contributed by atoms with Gasteiger partial charge in [0.25, 0.3) is 10.0 Å². The average molecular weight is 369 g/mol. The van der Waals surface area contributed by atoms with E-state index >= 15 is 0 Å². The number of hydrogen-bond acceptors (Lipinski definition) is 4. The number of anilines is 1. The van der Waals surface area contributed by atoms with E-state index in [1.54, 1.807) is 18.2 Å². The summed E-state index contributed by atoms with van der Waals surface area (Å²) in [5.41, 5.74) is 1.69. The van der Waals surface area contributed by atoms with E-state index in [1.165, 1.54) is 18.2 Å². The molecule has 3 N–H and O–H groups in total. The fourth-order valence-electron chi connectivity index (χ4n) is 3.45. The zero-order chi connectivity index (χ0) is 18.5. The van der Waals surface area contributed by atoms with Crippen molar-refractivity contribution in [2.24, 2.45) is 0 Å². The van der Waals surface area contributed by atoms with E-state index in [9.17, 15) is 18.3 Å². The summed E-state index contributed by atoms with van der Waals surface area (Å²) >= 11 is 0. The third-order valence-electron chi connectivity index (χ3n) is 4.64. The van der Waals surface area contributed by atoms with Crippen LogP contribution in [0.15, 0.2) is 53.4 Å². The van der Waals surface area contributed by atoms with Gasteiger partial charge in [-0.3, -0.25) is 4.72 Å². The highest BCUT2D eigenvalue weighted by Gasteiger charge is 2.24. The lowest BCUT2D eigenvalue weighted by Gasteiger charge is -2.13. The van der Waals surface area contributed by atoms with Crippen LogP contribution in [-0.2, 0) is 22.9 Å². The molecule has 0 radical (unpaired) electrons. The summed E-state index contributed by atoms with van der Waals surface area (Å²) in [6.45, 7) is 0. The Labute approximate surface area is 149 Å². The molecule has 3 aromatic rings. The number of nitrogens with one attached hydrogen (secondary N) is 1. The standard InChI is InChI=1S/C19H15NO5S/c21-18-14(19(22)23)5-2-6-15(18)20-26(24,25)16-10-9-12-8-7-11-3-1-4-13(16)17(11)12/h1-6,9-10,20-21H,7-8H2,(H,22,23). The topological polar surface area (TPSA) is 104 Å². The summed E-state index contributed by atoms with van der Waals surface area (Å²) < 4.78 is 28.2. The Hall–Kier alpha value is -3.06. The SMILES string of the molecule is O=C(O)c1cccc(NS(=O)(=O)c2ccc3c4c(cccc24)CC3)c1O. The number of carbonyl (C=O) groups is 1. The Morgan fingerprint density at radius 1 is 0.962 bits per heavy atom. The van der Waals surface area contributed by atoms with Crippen molar-refractivity contribution < 1.29 is 23.4 Å². The van der Waals surface area contributed by atoms with Gasteiger partial charge in [-0.2, -0.15) is 0 Å². The quantitative estimate of drug-likeness (QED) is 0.613. The Bertz CT molecular complexity index is 1160. The van der Waals surface area contributed by atoms with Crippen LogP contribution in [0.3, 0.4) is 0 Å². The maximum Gasteiger partial charge on any atom is 0.339 e. The number of sulfonamides is 1. The third-order valence-corrected chi connectivity index (χ3v) is 6.06. The molecule has 1 aliphatic carbocycles. The molecule has 0 bridgehead atoms. The molecule has 132 valence electrons. The number of carboxylic acids is 1. The molecule has 26 heavy (non-hydrogen) atoms. The molecule has 0 aliphatic heterocycles. The van der Waals surface area contributed by atoms with E-state index in [1.807, 2.05) is 12.1 Å². The molecular weight excluding hydrogens is 354 g/mol. The number of hydrogen-bond donors (Lipinski definition) is 3. The molecule has 7 heteroatoms. The van der Waals surface area contributed by atoms with Crippen molar-refractivity contribution in [2.45, 2.75) is 17.7 Å². The fraction of sp³-hybridized carbons (Fsp3) is 0.105. The predicted octanol–water partition coefficient (Wildman–Crippen LogP) is 3.14. The van der Waals surface area contributed by atoms with E-state index < -0.39 is 21.7 Å². The van der Waals surface area contributed by atoms with Gasteiger partial charge in [0.15, 0.2) is 5.75 Å². The van der Waals surface area contributed by atoms with Gasteiger partial charge in [-0.1, -0.05) is 30.3 Å². The Balaban J connectivity index is 1.84. The van der Waals surface area contributed by atoms with Crippen LogP contribution in [0.5, 0.6) is 5.75 Å². The van der Waals surface area contributed by atoms with Gasteiger partial charge in [-0.25, -0.2) is 13.2 Å². The van der Waals surface area contributed by atoms with Gasteiger partial charge in [0.1, 0.15) is 5.56 Å². The highest BCUT2D eigenvalue weighted by Crippen LogP contribution is 2.36. The Morgan fingerprint density at radius 2 is 1.65 bits per heavy atom. The second-order valence-corrected chi connectivity index (χ2v) is 7.83. The predicted molar refractivity (Wildman–Crippen MR) is 97.2 cm³/mol. The van der Waals surface area contributed by atoms with Gasteiger partial charge < -0.3 is 10.2 Å². The van der Waals surface area contributed by atoms with Crippen molar-refractivity contribution in [2.75, 3.05) is 4.72 Å². The number of aromatic hydroxyl groups is 1. The minimum Gasteiger partial charge on any atom is -0.505 e. The summed E-state index contributed by atoms with van der Waals surface area (Å²) in [5.74, 6) is -1.96. The van der Waals surface area contributed by atoms with Crippen LogP contribution in [0, 0.1) is 0 Å². The normalized spacial score (nSPS) is 13.1. The van der Waals surface area contributed by atoms with Crippen molar-refractivity contribution in [3.05, 3.63) is 65.2 Å². The smallest absolute Gasteiger partial charge is 0.339 e. The lowest BCUT2D eigenvalue weighted by molar-refractivity contribution is 0.0694. The van der Waals surface area contributed by atoms with Crippen molar-refractivity contribution in [3.8, 4) is 5.75 Å². The van der Waals surface area contributed by atoms with Crippen LogP contribution in [0.25, 0.3) is 10.8 Å². The molecule has 0 saturated carbocycles. The van der Waals surface area contributed by atoms with Crippen LogP contribution in [0.1, 0.15) is 21.5 Å². The first-order valence-electron chi connectivity index (χ1n) is 8.00. The summed E-state index contributed by atoms with van der Waals surface area (Å²) in [4.78, 5) is 11.2. The Kier molecular flexibility index (Phi) is 3.62.